The fourth-order valence-corrected chi connectivity index (χ4v) is 2.75. The molecule has 0 saturated carbocycles. The number of para-hydroxylation sites is 1. The van der Waals surface area contributed by atoms with E-state index in [-0.39, 0.29) is 5.41 Å². The van der Waals surface area contributed by atoms with E-state index in [4.69, 9.17) is 5.10 Å². The van der Waals surface area contributed by atoms with Gasteiger partial charge in [0.05, 0.1) is 11.2 Å². The largest absolute Gasteiger partial charge is 0.319 e. The van der Waals surface area contributed by atoms with E-state index in [0.717, 1.165) is 19.5 Å². The van der Waals surface area contributed by atoms with Crippen LogP contribution in [0.15, 0.2) is 24.3 Å². The molecule has 0 saturated heterocycles. The quantitative estimate of drug-likeness (QED) is 0.904. The standard InChI is InChI=1S/C17H27N3/c1-6-20-16-10-8-7-9-14(16)15(19-20)11-13(12-18-5)17(2,3)4/h7-10,13,18H,6,11-12H2,1-5H3. The lowest BCUT2D eigenvalue weighted by Gasteiger charge is -2.30. The monoisotopic (exact) mass is 273 g/mol. The number of benzene rings is 1. The minimum Gasteiger partial charge on any atom is -0.319 e. The van der Waals surface area contributed by atoms with Gasteiger partial charge in [0.15, 0.2) is 0 Å². The summed E-state index contributed by atoms with van der Waals surface area (Å²) in [6, 6.07) is 8.56. The Morgan fingerprint density at radius 3 is 2.55 bits per heavy atom. The van der Waals surface area contributed by atoms with Crippen molar-refractivity contribution in [3.05, 3.63) is 30.0 Å². The van der Waals surface area contributed by atoms with Gasteiger partial charge in [0.25, 0.3) is 0 Å². The summed E-state index contributed by atoms with van der Waals surface area (Å²) in [4.78, 5) is 0. The smallest absolute Gasteiger partial charge is 0.0706 e. The van der Waals surface area contributed by atoms with Crippen LogP contribution in [0.25, 0.3) is 10.9 Å². The fourth-order valence-electron chi connectivity index (χ4n) is 2.75. The van der Waals surface area contributed by atoms with Gasteiger partial charge in [0.2, 0.25) is 0 Å². The van der Waals surface area contributed by atoms with E-state index in [9.17, 15) is 0 Å². The highest BCUT2D eigenvalue weighted by Crippen LogP contribution is 2.30. The lowest BCUT2D eigenvalue weighted by molar-refractivity contribution is 0.233. The second kappa shape index (κ2) is 5.96. The molecule has 2 rings (SSSR count). The number of hydrogen-bond acceptors (Lipinski definition) is 2. The minimum atomic E-state index is 0.278. The zero-order chi connectivity index (χ0) is 14.8. The van der Waals surface area contributed by atoms with Crippen LogP contribution in [0.3, 0.4) is 0 Å². The topological polar surface area (TPSA) is 29.9 Å². The van der Waals surface area contributed by atoms with E-state index < -0.39 is 0 Å². The van der Waals surface area contributed by atoms with Gasteiger partial charge < -0.3 is 5.32 Å². The second-order valence-corrected chi connectivity index (χ2v) is 6.60. The van der Waals surface area contributed by atoms with Gasteiger partial charge >= 0.3 is 0 Å². The number of nitrogens with one attached hydrogen (secondary N) is 1. The normalized spacial score (nSPS) is 13.8. The van der Waals surface area contributed by atoms with Gasteiger partial charge in [-0.2, -0.15) is 5.10 Å². The molecule has 1 unspecified atom stereocenters. The molecule has 0 radical (unpaired) electrons. The molecule has 2 aromatic rings. The average molecular weight is 273 g/mol. The van der Waals surface area contributed by atoms with Crippen molar-refractivity contribution in [2.24, 2.45) is 11.3 Å². The molecule has 0 bridgehead atoms. The van der Waals surface area contributed by atoms with Gasteiger partial charge in [0.1, 0.15) is 0 Å². The predicted molar refractivity (Wildman–Crippen MR) is 86.0 cm³/mol. The zero-order valence-corrected chi connectivity index (χ0v) is 13.4. The first kappa shape index (κ1) is 15.0. The third-order valence-electron chi connectivity index (χ3n) is 4.15. The van der Waals surface area contributed by atoms with E-state index >= 15 is 0 Å². The number of hydrogen-bond donors (Lipinski definition) is 1. The van der Waals surface area contributed by atoms with Crippen molar-refractivity contribution in [2.75, 3.05) is 13.6 Å². The molecule has 3 nitrogen and oxygen atoms in total. The van der Waals surface area contributed by atoms with Crippen molar-refractivity contribution in [1.82, 2.24) is 15.1 Å². The first-order valence-corrected chi connectivity index (χ1v) is 7.56. The Hall–Kier alpha value is -1.35. The van der Waals surface area contributed by atoms with Gasteiger partial charge in [0, 0.05) is 11.9 Å². The molecule has 0 fully saturated rings. The summed E-state index contributed by atoms with van der Waals surface area (Å²) in [7, 11) is 2.03. The summed E-state index contributed by atoms with van der Waals surface area (Å²) >= 11 is 0. The number of aromatic nitrogens is 2. The maximum Gasteiger partial charge on any atom is 0.0706 e. The molecule has 0 spiro atoms. The summed E-state index contributed by atoms with van der Waals surface area (Å²) in [6.07, 6.45) is 1.03. The summed E-state index contributed by atoms with van der Waals surface area (Å²) in [5.41, 5.74) is 2.76. The Balaban J connectivity index is 2.37. The van der Waals surface area contributed by atoms with E-state index in [1.54, 1.807) is 0 Å². The summed E-state index contributed by atoms with van der Waals surface area (Å²) in [5, 5.41) is 9.47. The number of aryl methyl sites for hydroxylation is 1. The van der Waals surface area contributed by atoms with Crippen molar-refractivity contribution in [1.29, 1.82) is 0 Å². The summed E-state index contributed by atoms with van der Waals surface area (Å²) < 4.78 is 2.11. The Morgan fingerprint density at radius 2 is 1.95 bits per heavy atom. The minimum absolute atomic E-state index is 0.278. The predicted octanol–water partition coefficient (Wildman–Crippen LogP) is 3.48. The lowest BCUT2D eigenvalue weighted by atomic mass is 9.78. The molecular weight excluding hydrogens is 246 g/mol. The molecule has 0 aliphatic heterocycles. The first-order valence-electron chi connectivity index (χ1n) is 7.56. The Kier molecular flexibility index (Phi) is 4.48. The van der Waals surface area contributed by atoms with Crippen molar-refractivity contribution in [2.45, 2.75) is 40.7 Å². The van der Waals surface area contributed by atoms with Crippen LogP contribution in [0.4, 0.5) is 0 Å². The Labute approximate surface area is 122 Å². The number of rotatable bonds is 5. The molecule has 1 aromatic heterocycles. The maximum absolute atomic E-state index is 4.83. The molecule has 110 valence electrons. The van der Waals surface area contributed by atoms with Gasteiger partial charge in [-0.15, -0.1) is 0 Å². The summed E-state index contributed by atoms with van der Waals surface area (Å²) in [6.45, 7) is 11.0. The SMILES string of the molecule is CCn1nc(CC(CNC)C(C)(C)C)c2ccccc21. The van der Waals surface area contributed by atoms with Crippen LogP contribution in [0, 0.1) is 11.3 Å². The molecule has 1 aromatic carbocycles. The average Bonchev–Trinajstić information content (AvgIpc) is 2.76. The van der Waals surface area contributed by atoms with Crippen LogP contribution in [-0.4, -0.2) is 23.4 Å². The molecule has 0 aliphatic carbocycles. The van der Waals surface area contributed by atoms with Gasteiger partial charge in [-0.3, -0.25) is 4.68 Å². The van der Waals surface area contributed by atoms with Crippen molar-refractivity contribution >= 4 is 10.9 Å². The highest BCUT2D eigenvalue weighted by molar-refractivity contribution is 5.81. The van der Waals surface area contributed by atoms with Crippen molar-refractivity contribution < 1.29 is 0 Å². The van der Waals surface area contributed by atoms with Crippen LogP contribution in [0.1, 0.15) is 33.4 Å². The van der Waals surface area contributed by atoms with Crippen LogP contribution in [0.2, 0.25) is 0 Å². The third kappa shape index (κ3) is 3.04. The molecule has 1 heterocycles. The second-order valence-electron chi connectivity index (χ2n) is 6.60. The molecule has 1 atom stereocenters. The fraction of sp³-hybridized carbons (Fsp3) is 0.588. The van der Waals surface area contributed by atoms with Crippen LogP contribution >= 0.6 is 0 Å². The molecular formula is C17H27N3. The third-order valence-corrected chi connectivity index (χ3v) is 4.15. The number of fused-ring (bicyclic) bond motifs is 1. The molecule has 1 N–H and O–H groups in total. The van der Waals surface area contributed by atoms with Gasteiger partial charge in [-0.1, -0.05) is 39.0 Å². The van der Waals surface area contributed by atoms with Crippen LogP contribution < -0.4 is 5.32 Å². The maximum atomic E-state index is 4.83. The van der Waals surface area contributed by atoms with Crippen LogP contribution in [-0.2, 0) is 13.0 Å². The van der Waals surface area contributed by atoms with Crippen molar-refractivity contribution in [3.63, 3.8) is 0 Å². The van der Waals surface area contributed by atoms with E-state index in [0.29, 0.717) is 5.92 Å². The highest BCUT2D eigenvalue weighted by Gasteiger charge is 2.26. The van der Waals surface area contributed by atoms with E-state index in [1.165, 1.54) is 16.6 Å². The number of nitrogens with zero attached hydrogens (tertiary/aromatic N) is 2. The van der Waals surface area contributed by atoms with Gasteiger partial charge in [-0.25, -0.2) is 0 Å². The lowest BCUT2D eigenvalue weighted by Crippen LogP contribution is -2.32. The Bertz CT molecular complexity index is 563. The van der Waals surface area contributed by atoms with Crippen LogP contribution in [0.5, 0.6) is 0 Å². The first-order chi connectivity index (χ1) is 9.47. The zero-order valence-electron chi connectivity index (χ0n) is 13.4. The Morgan fingerprint density at radius 1 is 1.25 bits per heavy atom. The molecule has 0 aliphatic rings. The van der Waals surface area contributed by atoms with Gasteiger partial charge in [-0.05, 0) is 44.3 Å². The van der Waals surface area contributed by atoms with E-state index in [2.05, 4.69) is 62.0 Å². The van der Waals surface area contributed by atoms with E-state index in [1.807, 2.05) is 7.05 Å². The van der Waals surface area contributed by atoms with Crippen molar-refractivity contribution in [3.8, 4) is 0 Å². The molecule has 3 heteroatoms. The summed E-state index contributed by atoms with van der Waals surface area (Å²) in [5.74, 6) is 0.580. The molecule has 20 heavy (non-hydrogen) atoms. The molecule has 0 amide bonds. The highest BCUT2D eigenvalue weighted by atomic mass is 15.3.